The Morgan fingerprint density at radius 1 is 1.32 bits per heavy atom. The molecular weight excluding hydrogens is 240 g/mol. The molecule has 1 fully saturated rings. The largest absolute Gasteiger partial charge is 0.338 e. The molecule has 1 unspecified atom stereocenters. The van der Waals surface area contributed by atoms with Crippen molar-refractivity contribution in [1.29, 1.82) is 0 Å². The normalized spacial score (nSPS) is 19.9. The molecule has 19 heavy (non-hydrogen) atoms. The molecule has 3 rings (SSSR count). The van der Waals surface area contributed by atoms with Crippen LogP contribution in [0.5, 0.6) is 0 Å². The zero-order chi connectivity index (χ0) is 13.1. The van der Waals surface area contributed by atoms with Crippen molar-refractivity contribution < 1.29 is 4.52 Å². The van der Waals surface area contributed by atoms with Crippen LogP contribution in [-0.2, 0) is 13.1 Å². The second kappa shape index (κ2) is 5.50. The van der Waals surface area contributed by atoms with Crippen LogP contribution in [0.2, 0.25) is 0 Å². The van der Waals surface area contributed by atoms with Crippen molar-refractivity contribution in [3.05, 3.63) is 47.6 Å². The molecule has 5 heteroatoms. The third-order valence-corrected chi connectivity index (χ3v) is 3.59. The number of nitrogens with two attached hydrogens (primary N) is 1. The van der Waals surface area contributed by atoms with Crippen molar-refractivity contribution in [2.45, 2.75) is 25.4 Å². The van der Waals surface area contributed by atoms with Gasteiger partial charge in [-0.2, -0.15) is 4.98 Å². The zero-order valence-electron chi connectivity index (χ0n) is 10.8. The van der Waals surface area contributed by atoms with Gasteiger partial charge in [0.05, 0.1) is 13.1 Å². The summed E-state index contributed by atoms with van der Waals surface area (Å²) in [5, 5.41) is 3.94. The fourth-order valence-electron chi connectivity index (χ4n) is 2.61. The van der Waals surface area contributed by atoms with Crippen LogP contribution in [-0.4, -0.2) is 28.1 Å². The van der Waals surface area contributed by atoms with E-state index in [1.165, 1.54) is 12.0 Å². The quantitative estimate of drug-likeness (QED) is 0.900. The van der Waals surface area contributed by atoms with Crippen LogP contribution in [0.4, 0.5) is 0 Å². The van der Waals surface area contributed by atoms with Crippen molar-refractivity contribution >= 4 is 0 Å². The first-order chi connectivity index (χ1) is 9.35. The molecule has 1 aromatic carbocycles. The number of aromatic nitrogens is 2. The Morgan fingerprint density at radius 3 is 2.89 bits per heavy atom. The minimum Gasteiger partial charge on any atom is -0.338 e. The maximum Gasteiger partial charge on any atom is 0.240 e. The standard InChI is InChI=1S/C14H18N4O/c15-8-14-16-13(17-19-14)10-18-7-6-12(9-18)11-4-2-1-3-5-11/h1-5,12H,6-10,15H2. The van der Waals surface area contributed by atoms with Crippen LogP contribution in [0.1, 0.15) is 29.6 Å². The molecule has 1 aliphatic rings. The van der Waals surface area contributed by atoms with Crippen LogP contribution in [0.25, 0.3) is 0 Å². The van der Waals surface area contributed by atoms with Crippen LogP contribution >= 0.6 is 0 Å². The first kappa shape index (κ1) is 12.3. The first-order valence-electron chi connectivity index (χ1n) is 6.64. The Bertz CT molecular complexity index is 525. The Balaban J connectivity index is 1.60. The van der Waals surface area contributed by atoms with E-state index in [0.29, 0.717) is 18.4 Å². The number of nitrogens with zero attached hydrogens (tertiary/aromatic N) is 3. The lowest BCUT2D eigenvalue weighted by atomic mass is 9.99. The van der Waals surface area contributed by atoms with E-state index in [2.05, 4.69) is 45.4 Å². The molecule has 0 bridgehead atoms. The monoisotopic (exact) mass is 258 g/mol. The second-order valence-corrected chi connectivity index (χ2v) is 4.94. The average Bonchev–Trinajstić information content (AvgIpc) is 3.09. The zero-order valence-corrected chi connectivity index (χ0v) is 10.8. The van der Waals surface area contributed by atoms with Gasteiger partial charge in [-0.3, -0.25) is 4.90 Å². The van der Waals surface area contributed by atoms with Crippen molar-refractivity contribution in [2.75, 3.05) is 13.1 Å². The molecule has 0 aliphatic carbocycles. The predicted octanol–water partition coefficient (Wildman–Crippen LogP) is 1.52. The first-order valence-corrected chi connectivity index (χ1v) is 6.64. The van der Waals surface area contributed by atoms with Crippen LogP contribution in [0.3, 0.4) is 0 Å². The van der Waals surface area contributed by atoms with E-state index < -0.39 is 0 Å². The van der Waals surface area contributed by atoms with Crippen molar-refractivity contribution in [2.24, 2.45) is 5.73 Å². The molecule has 1 aliphatic heterocycles. The SMILES string of the molecule is NCc1nc(CN2CCC(c3ccccc3)C2)no1. The van der Waals surface area contributed by atoms with Gasteiger partial charge in [0.2, 0.25) is 5.89 Å². The lowest BCUT2D eigenvalue weighted by molar-refractivity contribution is 0.306. The molecule has 1 atom stereocenters. The summed E-state index contributed by atoms with van der Waals surface area (Å²) in [6.45, 7) is 3.18. The second-order valence-electron chi connectivity index (χ2n) is 4.94. The highest BCUT2D eigenvalue weighted by Crippen LogP contribution is 2.27. The van der Waals surface area contributed by atoms with E-state index in [9.17, 15) is 0 Å². The van der Waals surface area contributed by atoms with E-state index in [1.807, 2.05) is 0 Å². The third kappa shape index (κ3) is 2.83. The van der Waals surface area contributed by atoms with Gasteiger partial charge >= 0.3 is 0 Å². The minimum absolute atomic E-state index is 0.305. The summed E-state index contributed by atoms with van der Waals surface area (Å²) < 4.78 is 5.02. The van der Waals surface area contributed by atoms with E-state index in [4.69, 9.17) is 10.3 Å². The summed E-state index contributed by atoms with van der Waals surface area (Å²) in [4.78, 5) is 6.61. The van der Waals surface area contributed by atoms with Gasteiger partial charge in [0, 0.05) is 6.54 Å². The highest BCUT2D eigenvalue weighted by Gasteiger charge is 2.24. The molecular formula is C14H18N4O. The van der Waals surface area contributed by atoms with E-state index in [-0.39, 0.29) is 0 Å². The number of rotatable bonds is 4. The Kier molecular flexibility index (Phi) is 3.57. The van der Waals surface area contributed by atoms with E-state index in [1.54, 1.807) is 0 Å². The number of hydrogen-bond acceptors (Lipinski definition) is 5. The third-order valence-electron chi connectivity index (χ3n) is 3.59. The van der Waals surface area contributed by atoms with Crippen molar-refractivity contribution in [1.82, 2.24) is 15.0 Å². The Morgan fingerprint density at radius 2 is 2.16 bits per heavy atom. The lowest BCUT2D eigenvalue weighted by Gasteiger charge is -2.13. The van der Waals surface area contributed by atoms with Gasteiger partial charge in [0.25, 0.3) is 0 Å². The van der Waals surface area contributed by atoms with Gasteiger partial charge in [-0.05, 0) is 24.4 Å². The van der Waals surface area contributed by atoms with Crippen LogP contribution in [0, 0.1) is 0 Å². The average molecular weight is 258 g/mol. The summed E-state index contributed by atoms with van der Waals surface area (Å²) in [6.07, 6.45) is 1.19. The van der Waals surface area contributed by atoms with Crippen molar-refractivity contribution in [3.63, 3.8) is 0 Å². The van der Waals surface area contributed by atoms with Crippen molar-refractivity contribution in [3.8, 4) is 0 Å². The van der Waals surface area contributed by atoms with Gasteiger partial charge < -0.3 is 10.3 Å². The highest BCUT2D eigenvalue weighted by atomic mass is 16.5. The molecule has 2 heterocycles. The number of benzene rings is 1. The summed E-state index contributed by atoms with van der Waals surface area (Å²) in [5.74, 6) is 1.85. The number of likely N-dealkylation sites (tertiary alicyclic amines) is 1. The fraction of sp³-hybridized carbons (Fsp3) is 0.429. The van der Waals surface area contributed by atoms with Gasteiger partial charge in [-0.25, -0.2) is 0 Å². The number of hydrogen-bond donors (Lipinski definition) is 1. The molecule has 0 saturated carbocycles. The molecule has 2 aromatic rings. The molecule has 1 aromatic heterocycles. The van der Waals surface area contributed by atoms with Gasteiger partial charge in [0.15, 0.2) is 5.82 Å². The maximum absolute atomic E-state index is 5.46. The molecule has 0 spiro atoms. The minimum atomic E-state index is 0.305. The molecule has 5 nitrogen and oxygen atoms in total. The highest BCUT2D eigenvalue weighted by molar-refractivity contribution is 5.21. The molecule has 0 radical (unpaired) electrons. The van der Waals surface area contributed by atoms with E-state index >= 15 is 0 Å². The van der Waals surface area contributed by atoms with Crippen LogP contribution in [0.15, 0.2) is 34.9 Å². The van der Waals surface area contributed by atoms with Gasteiger partial charge in [-0.15, -0.1) is 0 Å². The Labute approximate surface area is 112 Å². The smallest absolute Gasteiger partial charge is 0.240 e. The summed E-state index contributed by atoms with van der Waals surface area (Å²) in [7, 11) is 0. The predicted molar refractivity (Wildman–Crippen MR) is 71.3 cm³/mol. The molecule has 0 amide bonds. The molecule has 100 valence electrons. The lowest BCUT2D eigenvalue weighted by Crippen LogP contribution is -2.20. The summed E-state index contributed by atoms with van der Waals surface area (Å²) in [5.41, 5.74) is 6.88. The summed E-state index contributed by atoms with van der Waals surface area (Å²) in [6, 6.07) is 10.7. The molecule has 1 saturated heterocycles. The maximum atomic E-state index is 5.46. The van der Waals surface area contributed by atoms with Crippen LogP contribution < -0.4 is 5.73 Å². The topological polar surface area (TPSA) is 68.2 Å². The molecule has 2 N–H and O–H groups in total. The van der Waals surface area contributed by atoms with Gasteiger partial charge in [-0.1, -0.05) is 35.5 Å². The Hall–Kier alpha value is -1.72. The van der Waals surface area contributed by atoms with E-state index in [0.717, 1.165) is 25.5 Å². The van der Waals surface area contributed by atoms with Gasteiger partial charge in [0.1, 0.15) is 0 Å². The fourth-order valence-corrected chi connectivity index (χ4v) is 2.61. The summed E-state index contributed by atoms with van der Waals surface area (Å²) >= 11 is 0.